The molecule has 1 saturated carbocycles. The minimum absolute atomic E-state index is 0. The van der Waals surface area contributed by atoms with E-state index in [0.717, 1.165) is 25.1 Å². The molecule has 7 nitrogen and oxygen atoms in total. The molecule has 1 aliphatic carbocycles. The number of aliphatic imine (C=N–C) groups is 1. The summed E-state index contributed by atoms with van der Waals surface area (Å²) in [7, 11) is 0. The first kappa shape index (κ1) is 18.4. The van der Waals surface area contributed by atoms with E-state index in [1.54, 1.807) is 6.92 Å². The summed E-state index contributed by atoms with van der Waals surface area (Å²) in [6.07, 6.45) is 2.73. The van der Waals surface area contributed by atoms with Crippen molar-refractivity contribution in [1.82, 2.24) is 25.7 Å². The van der Waals surface area contributed by atoms with Gasteiger partial charge in [-0.05, 0) is 25.7 Å². The Morgan fingerprint density at radius 2 is 2.17 bits per heavy atom. The molecular formula is C15H27IN6O. The lowest BCUT2D eigenvalue weighted by Crippen LogP contribution is -2.46. The van der Waals surface area contributed by atoms with E-state index in [2.05, 4.69) is 44.5 Å². The van der Waals surface area contributed by atoms with E-state index < -0.39 is 0 Å². The molecule has 23 heavy (non-hydrogen) atoms. The monoisotopic (exact) mass is 434 g/mol. The van der Waals surface area contributed by atoms with Crippen LogP contribution in [0.2, 0.25) is 0 Å². The Balaban J connectivity index is 0.00000192. The van der Waals surface area contributed by atoms with Crippen molar-refractivity contribution in [2.45, 2.75) is 52.2 Å². The van der Waals surface area contributed by atoms with Crippen molar-refractivity contribution >= 4 is 29.9 Å². The van der Waals surface area contributed by atoms with Crippen molar-refractivity contribution in [2.24, 2.45) is 10.9 Å². The van der Waals surface area contributed by atoms with Gasteiger partial charge < -0.3 is 15.2 Å². The molecule has 8 heteroatoms. The summed E-state index contributed by atoms with van der Waals surface area (Å²) < 4.78 is 4.98. The third-order valence-corrected chi connectivity index (χ3v) is 4.32. The first-order valence-corrected chi connectivity index (χ1v) is 8.23. The SMILES string of the molecule is CCNC(=NCc1noc(C)n1)NC1CN(C2CC2)CC1C.I. The molecule has 3 rings (SSSR count). The van der Waals surface area contributed by atoms with E-state index in [-0.39, 0.29) is 24.0 Å². The Bertz CT molecular complexity index is 530. The van der Waals surface area contributed by atoms with Gasteiger partial charge in [0.2, 0.25) is 5.89 Å². The third-order valence-electron chi connectivity index (χ3n) is 4.32. The number of hydrogen-bond donors (Lipinski definition) is 2. The topological polar surface area (TPSA) is 78.6 Å². The van der Waals surface area contributed by atoms with Crippen LogP contribution in [0.1, 0.15) is 38.4 Å². The number of rotatable bonds is 5. The first-order chi connectivity index (χ1) is 10.7. The lowest BCUT2D eigenvalue weighted by atomic mass is 10.1. The smallest absolute Gasteiger partial charge is 0.223 e. The van der Waals surface area contributed by atoms with Crippen molar-refractivity contribution in [3.8, 4) is 0 Å². The van der Waals surface area contributed by atoms with Gasteiger partial charge in [0.05, 0.1) is 0 Å². The lowest BCUT2D eigenvalue weighted by molar-refractivity contribution is 0.315. The quantitative estimate of drug-likeness (QED) is 0.416. The summed E-state index contributed by atoms with van der Waals surface area (Å²) in [4.78, 5) is 11.4. The molecule has 1 aromatic heterocycles. The molecule has 0 bridgehead atoms. The Morgan fingerprint density at radius 3 is 2.78 bits per heavy atom. The zero-order valence-corrected chi connectivity index (χ0v) is 16.4. The second-order valence-electron chi connectivity index (χ2n) is 6.34. The minimum Gasteiger partial charge on any atom is -0.357 e. The number of nitrogens with one attached hydrogen (secondary N) is 2. The van der Waals surface area contributed by atoms with Crippen molar-refractivity contribution in [2.75, 3.05) is 19.6 Å². The number of aromatic nitrogens is 2. The maximum Gasteiger partial charge on any atom is 0.223 e. The number of aryl methyl sites for hydroxylation is 1. The van der Waals surface area contributed by atoms with Gasteiger partial charge in [-0.2, -0.15) is 4.98 Å². The van der Waals surface area contributed by atoms with Gasteiger partial charge in [0.15, 0.2) is 11.8 Å². The molecule has 2 atom stereocenters. The Hall–Kier alpha value is -0.900. The fraction of sp³-hybridized carbons (Fsp3) is 0.800. The molecular weight excluding hydrogens is 407 g/mol. The number of guanidine groups is 1. The first-order valence-electron chi connectivity index (χ1n) is 8.23. The van der Waals surface area contributed by atoms with Crippen molar-refractivity contribution in [3.63, 3.8) is 0 Å². The van der Waals surface area contributed by atoms with Crippen molar-refractivity contribution < 1.29 is 4.52 Å². The average molecular weight is 434 g/mol. The van der Waals surface area contributed by atoms with Crippen LogP contribution in [0.25, 0.3) is 0 Å². The minimum atomic E-state index is 0. The summed E-state index contributed by atoms with van der Waals surface area (Å²) in [5.41, 5.74) is 0. The van der Waals surface area contributed by atoms with E-state index in [1.807, 2.05) is 0 Å². The van der Waals surface area contributed by atoms with Crippen LogP contribution in [0.4, 0.5) is 0 Å². The molecule has 1 saturated heterocycles. The van der Waals surface area contributed by atoms with Crippen molar-refractivity contribution in [1.29, 1.82) is 0 Å². The molecule has 2 unspecified atom stereocenters. The van der Waals surface area contributed by atoms with Crippen LogP contribution in [0.15, 0.2) is 9.52 Å². The maximum absolute atomic E-state index is 4.98. The molecule has 0 radical (unpaired) electrons. The average Bonchev–Trinajstić information content (AvgIpc) is 3.16. The van der Waals surface area contributed by atoms with Gasteiger partial charge in [-0.25, -0.2) is 4.99 Å². The second-order valence-corrected chi connectivity index (χ2v) is 6.34. The molecule has 130 valence electrons. The van der Waals surface area contributed by atoms with Crippen LogP contribution < -0.4 is 10.6 Å². The molecule has 1 aromatic rings. The largest absolute Gasteiger partial charge is 0.357 e. The van der Waals surface area contributed by atoms with Gasteiger partial charge in [-0.1, -0.05) is 12.1 Å². The van der Waals surface area contributed by atoms with Crippen LogP contribution in [-0.2, 0) is 6.54 Å². The molecule has 0 spiro atoms. The van der Waals surface area contributed by atoms with Gasteiger partial charge in [0, 0.05) is 38.6 Å². The summed E-state index contributed by atoms with van der Waals surface area (Å²) in [5, 5.41) is 10.7. The maximum atomic E-state index is 4.98. The van der Waals surface area contributed by atoms with E-state index in [4.69, 9.17) is 4.52 Å². The standard InChI is InChI=1S/C15H26N6O.HI/c1-4-16-15(17-7-14-18-11(3)22-20-14)19-13-9-21(8-10(13)2)12-5-6-12;/h10,12-13H,4-9H2,1-3H3,(H2,16,17,19);1H. The van der Waals surface area contributed by atoms with Crippen LogP contribution in [0.3, 0.4) is 0 Å². The highest BCUT2D eigenvalue weighted by Crippen LogP contribution is 2.31. The van der Waals surface area contributed by atoms with Gasteiger partial charge in [0.25, 0.3) is 0 Å². The van der Waals surface area contributed by atoms with Crippen LogP contribution >= 0.6 is 24.0 Å². The lowest BCUT2D eigenvalue weighted by Gasteiger charge is -2.20. The number of likely N-dealkylation sites (tertiary alicyclic amines) is 1. The van der Waals surface area contributed by atoms with Gasteiger partial charge in [-0.3, -0.25) is 4.90 Å². The molecule has 1 aliphatic heterocycles. The second kappa shape index (κ2) is 8.27. The fourth-order valence-electron chi connectivity index (χ4n) is 2.98. The summed E-state index contributed by atoms with van der Waals surface area (Å²) in [5.74, 6) is 2.66. The van der Waals surface area contributed by atoms with E-state index in [0.29, 0.717) is 30.2 Å². The normalized spacial score (nSPS) is 25.3. The third kappa shape index (κ3) is 5.03. The molecule has 0 amide bonds. The van der Waals surface area contributed by atoms with Gasteiger partial charge in [0.1, 0.15) is 6.54 Å². The van der Waals surface area contributed by atoms with Crippen LogP contribution in [-0.4, -0.2) is 52.7 Å². The Kier molecular flexibility index (Phi) is 6.63. The Labute approximate surface area is 154 Å². The molecule has 0 aromatic carbocycles. The molecule has 2 N–H and O–H groups in total. The molecule has 2 aliphatic rings. The van der Waals surface area contributed by atoms with Crippen LogP contribution in [0.5, 0.6) is 0 Å². The number of nitrogens with zero attached hydrogens (tertiary/aromatic N) is 4. The fourth-order valence-corrected chi connectivity index (χ4v) is 2.98. The Morgan fingerprint density at radius 1 is 1.39 bits per heavy atom. The highest BCUT2D eigenvalue weighted by atomic mass is 127. The summed E-state index contributed by atoms with van der Waals surface area (Å²) in [6.45, 7) is 9.74. The number of hydrogen-bond acceptors (Lipinski definition) is 5. The predicted molar refractivity (Wildman–Crippen MR) is 99.9 cm³/mol. The van der Waals surface area contributed by atoms with E-state index in [9.17, 15) is 0 Å². The van der Waals surface area contributed by atoms with Crippen molar-refractivity contribution in [3.05, 3.63) is 11.7 Å². The predicted octanol–water partition coefficient (Wildman–Crippen LogP) is 1.53. The van der Waals surface area contributed by atoms with Gasteiger partial charge >= 0.3 is 0 Å². The van der Waals surface area contributed by atoms with E-state index >= 15 is 0 Å². The zero-order chi connectivity index (χ0) is 15.5. The summed E-state index contributed by atoms with van der Waals surface area (Å²) in [6, 6.07) is 1.28. The summed E-state index contributed by atoms with van der Waals surface area (Å²) >= 11 is 0. The van der Waals surface area contributed by atoms with Crippen LogP contribution in [0, 0.1) is 12.8 Å². The molecule has 2 fully saturated rings. The number of halogens is 1. The highest BCUT2D eigenvalue weighted by molar-refractivity contribution is 14.0. The van der Waals surface area contributed by atoms with E-state index in [1.165, 1.54) is 19.4 Å². The highest BCUT2D eigenvalue weighted by Gasteiger charge is 2.38. The zero-order valence-electron chi connectivity index (χ0n) is 14.1. The van der Waals surface area contributed by atoms with Gasteiger partial charge in [-0.15, -0.1) is 24.0 Å². The molecule has 2 heterocycles.